The molecule has 0 unspecified atom stereocenters. The van der Waals surface area contributed by atoms with Crippen molar-refractivity contribution >= 4 is 11.6 Å². The van der Waals surface area contributed by atoms with Crippen molar-refractivity contribution in [2.45, 2.75) is 25.9 Å². The second kappa shape index (κ2) is 6.19. The van der Waals surface area contributed by atoms with E-state index in [-0.39, 0.29) is 24.1 Å². The second-order valence-corrected chi connectivity index (χ2v) is 5.66. The molecule has 25 heavy (non-hydrogen) atoms. The van der Waals surface area contributed by atoms with Gasteiger partial charge in [-0.15, -0.1) is 0 Å². The van der Waals surface area contributed by atoms with Gasteiger partial charge in [-0.1, -0.05) is 0 Å². The van der Waals surface area contributed by atoms with Crippen molar-refractivity contribution in [3.05, 3.63) is 53.6 Å². The third-order valence-electron chi connectivity index (χ3n) is 3.81. The van der Waals surface area contributed by atoms with Gasteiger partial charge in [0.2, 0.25) is 0 Å². The lowest BCUT2D eigenvalue weighted by atomic mass is 10.0. The van der Waals surface area contributed by atoms with Crippen molar-refractivity contribution in [1.82, 2.24) is 14.4 Å². The number of alkyl halides is 3. The van der Waals surface area contributed by atoms with E-state index in [0.717, 1.165) is 6.07 Å². The summed E-state index contributed by atoms with van der Waals surface area (Å²) in [6.45, 7) is 1.55. The summed E-state index contributed by atoms with van der Waals surface area (Å²) in [4.78, 5) is 18.9. The smallest absolute Gasteiger partial charge is 0.418 e. The van der Waals surface area contributed by atoms with E-state index in [0.29, 0.717) is 16.9 Å². The Morgan fingerprint density at radius 3 is 2.72 bits per heavy atom. The van der Waals surface area contributed by atoms with Gasteiger partial charge in [-0.3, -0.25) is 9.78 Å². The predicted octanol–water partition coefficient (Wildman–Crippen LogP) is 3.74. The van der Waals surface area contributed by atoms with Gasteiger partial charge in [-0.2, -0.15) is 13.2 Å². The molecule has 0 saturated carbocycles. The average Bonchev–Trinajstić information content (AvgIpc) is 3.01. The summed E-state index contributed by atoms with van der Waals surface area (Å²) in [5.74, 6) is -0.947. The van der Waals surface area contributed by atoms with E-state index in [1.54, 1.807) is 23.6 Å². The number of carbonyl (C=O) groups is 1. The van der Waals surface area contributed by atoms with E-state index in [1.165, 1.54) is 18.5 Å². The molecule has 0 aliphatic carbocycles. The van der Waals surface area contributed by atoms with Gasteiger partial charge in [-0.25, -0.2) is 4.98 Å². The van der Waals surface area contributed by atoms with E-state index in [1.807, 2.05) is 0 Å². The highest BCUT2D eigenvalue weighted by atomic mass is 19.4. The topological polar surface area (TPSA) is 67.5 Å². The number of carboxylic acid groups (broad SMARTS) is 1. The minimum atomic E-state index is -4.54. The molecule has 0 spiro atoms. The molecular weight excluding hydrogens is 335 g/mol. The van der Waals surface area contributed by atoms with Gasteiger partial charge in [0, 0.05) is 29.8 Å². The minimum Gasteiger partial charge on any atom is -0.481 e. The molecule has 0 aliphatic heterocycles. The fourth-order valence-electron chi connectivity index (χ4n) is 2.69. The van der Waals surface area contributed by atoms with Crippen LogP contribution in [0.4, 0.5) is 13.2 Å². The Bertz CT molecular complexity index is 948. The molecule has 3 heterocycles. The van der Waals surface area contributed by atoms with Crippen LogP contribution in [0.25, 0.3) is 16.9 Å². The standard InChI is InChI=1S/C17H14F3N3O2/c1-10-8-13(17(18,19)20)15(22-9-10)12-4-2-11(3-5-14(24)25)23-7-6-21-16(12)23/h2,4,6-9H,3,5H2,1H3,(H,24,25). The lowest BCUT2D eigenvalue weighted by molar-refractivity contribution is -0.138. The molecule has 0 amide bonds. The van der Waals surface area contributed by atoms with Gasteiger partial charge < -0.3 is 9.51 Å². The molecule has 5 nitrogen and oxygen atoms in total. The summed E-state index contributed by atoms with van der Waals surface area (Å²) < 4.78 is 41.8. The first-order valence-corrected chi connectivity index (χ1v) is 7.48. The lowest BCUT2D eigenvalue weighted by Gasteiger charge is -2.14. The Balaban J connectivity index is 2.17. The number of aliphatic carboxylic acids is 1. The molecule has 0 bridgehead atoms. The van der Waals surface area contributed by atoms with Gasteiger partial charge >= 0.3 is 12.1 Å². The quantitative estimate of drug-likeness (QED) is 0.779. The fraction of sp³-hybridized carbons (Fsp3) is 0.235. The summed E-state index contributed by atoms with van der Waals surface area (Å²) in [6.07, 6.45) is 0.0590. The number of halogens is 3. The highest BCUT2D eigenvalue weighted by Gasteiger charge is 2.35. The Morgan fingerprint density at radius 2 is 2.04 bits per heavy atom. The maximum absolute atomic E-state index is 13.4. The number of imidazole rings is 1. The van der Waals surface area contributed by atoms with E-state index in [2.05, 4.69) is 9.97 Å². The summed E-state index contributed by atoms with van der Waals surface area (Å²) >= 11 is 0. The van der Waals surface area contributed by atoms with Crippen LogP contribution in [0.15, 0.2) is 36.8 Å². The summed E-state index contributed by atoms with van der Waals surface area (Å²) in [6, 6.07) is 4.17. The monoisotopic (exact) mass is 349 g/mol. The number of aromatic nitrogens is 3. The van der Waals surface area contributed by atoms with Crippen LogP contribution in [0.3, 0.4) is 0 Å². The zero-order chi connectivity index (χ0) is 18.2. The summed E-state index contributed by atoms with van der Waals surface area (Å²) in [5, 5.41) is 8.82. The van der Waals surface area contributed by atoms with E-state index >= 15 is 0 Å². The van der Waals surface area contributed by atoms with Gasteiger partial charge in [0.25, 0.3) is 0 Å². The lowest BCUT2D eigenvalue weighted by Crippen LogP contribution is -2.10. The fourth-order valence-corrected chi connectivity index (χ4v) is 2.69. The van der Waals surface area contributed by atoms with Gasteiger partial charge in [0.1, 0.15) is 5.65 Å². The van der Waals surface area contributed by atoms with Crippen LogP contribution in [0.2, 0.25) is 0 Å². The number of hydrogen-bond donors (Lipinski definition) is 1. The van der Waals surface area contributed by atoms with E-state index in [4.69, 9.17) is 5.11 Å². The van der Waals surface area contributed by atoms with Crippen LogP contribution >= 0.6 is 0 Å². The number of carboxylic acids is 1. The van der Waals surface area contributed by atoms with E-state index in [9.17, 15) is 18.0 Å². The Kier molecular flexibility index (Phi) is 4.20. The number of fused-ring (bicyclic) bond motifs is 1. The van der Waals surface area contributed by atoms with Crippen molar-refractivity contribution in [3.8, 4) is 11.3 Å². The molecule has 0 aromatic carbocycles. The Morgan fingerprint density at radius 1 is 1.28 bits per heavy atom. The third-order valence-corrected chi connectivity index (χ3v) is 3.81. The molecule has 0 atom stereocenters. The first-order chi connectivity index (χ1) is 11.8. The maximum atomic E-state index is 13.4. The number of rotatable bonds is 4. The van der Waals surface area contributed by atoms with Crippen LogP contribution in [0.1, 0.15) is 23.2 Å². The normalized spacial score (nSPS) is 11.8. The highest BCUT2D eigenvalue weighted by molar-refractivity contribution is 5.78. The van der Waals surface area contributed by atoms with Crippen LogP contribution in [-0.4, -0.2) is 25.4 Å². The molecule has 1 N–H and O–H groups in total. The minimum absolute atomic E-state index is 0.0801. The molecule has 0 aliphatic rings. The van der Waals surface area contributed by atoms with Crippen molar-refractivity contribution in [1.29, 1.82) is 0 Å². The number of pyridine rings is 2. The van der Waals surface area contributed by atoms with Crippen molar-refractivity contribution < 1.29 is 23.1 Å². The number of aryl methyl sites for hydroxylation is 2. The van der Waals surface area contributed by atoms with Crippen molar-refractivity contribution in [2.24, 2.45) is 0 Å². The largest absolute Gasteiger partial charge is 0.481 e. The molecule has 0 fully saturated rings. The maximum Gasteiger partial charge on any atom is 0.418 e. The van der Waals surface area contributed by atoms with Gasteiger partial charge in [0.05, 0.1) is 17.7 Å². The molecule has 0 radical (unpaired) electrons. The van der Waals surface area contributed by atoms with Crippen molar-refractivity contribution in [3.63, 3.8) is 0 Å². The zero-order valence-electron chi connectivity index (χ0n) is 13.2. The van der Waals surface area contributed by atoms with E-state index < -0.39 is 17.7 Å². The summed E-state index contributed by atoms with van der Waals surface area (Å²) in [5.41, 5.74) is 0.601. The Hall–Kier alpha value is -2.90. The Labute approximate surface area is 140 Å². The molecule has 8 heteroatoms. The summed E-state index contributed by atoms with van der Waals surface area (Å²) in [7, 11) is 0. The first-order valence-electron chi connectivity index (χ1n) is 7.48. The van der Waals surface area contributed by atoms with Gasteiger partial charge in [-0.05, 0) is 37.1 Å². The second-order valence-electron chi connectivity index (χ2n) is 5.66. The SMILES string of the molecule is Cc1cnc(-c2ccc(CCC(=O)O)n3ccnc23)c(C(F)(F)F)c1. The van der Waals surface area contributed by atoms with Crippen LogP contribution < -0.4 is 0 Å². The highest BCUT2D eigenvalue weighted by Crippen LogP contribution is 2.37. The molecule has 130 valence electrons. The molecular formula is C17H14F3N3O2. The van der Waals surface area contributed by atoms with Crippen LogP contribution in [0.5, 0.6) is 0 Å². The predicted molar refractivity (Wildman–Crippen MR) is 84.1 cm³/mol. The molecule has 0 saturated heterocycles. The van der Waals surface area contributed by atoms with Crippen LogP contribution in [-0.2, 0) is 17.4 Å². The molecule has 3 rings (SSSR count). The number of nitrogens with zero attached hydrogens (tertiary/aromatic N) is 3. The third kappa shape index (κ3) is 3.33. The van der Waals surface area contributed by atoms with Gasteiger partial charge in [0.15, 0.2) is 0 Å². The molecule has 3 aromatic heterocycles. The van der Waals surface area contributed by atoms with Crippen LogP contribution in [0, 0.1) is 6.92 Å². The average molecular weight is 349 g/mol. The molecule has 3 aromatic rings. The number of hydrogen-bond acceptors (Lipinski definition) is 3. The van der Waals surface area contributed by atoms with Crippen molar-refractivity contribution in [2.75, 3.05) is 0 Å². The first kappa shape index (κ1) is 16.9. The zero-order valence-corrected chi connectivity index (χ0v) is 13.2.